The quantitative estimate of drug-likeness (QED) is 0.166. The number of aryl methyl sites for hydroxylation is 1. The lowest BCUT2D eigenvalue weighted by Gasteiger charge is -2.31. The van der Waals surface area contributed by atoms with Gasteiger partial charge in [-0.15, -0.1) is 11.8 Å². The molecule has 2 nitrogen and oxygen atoms in total. The lowest BCUT2D eigenvalue weighted by Crippen LogP contribution is -2.17. The van der Waals surface area contributed by atoms with E-state index in [1.165, 1.54) is 76.2 Å². The van der Waals surface area contributed by atoms with Crippen LogP contribution < -0.4 is 4.74 Å². The second-order valence-corrected chi connectivity index (χ2v) is 12.0. The highest BCUT2D eigenvalue weighted by Gasteiger charge is 2.24. The molecule has 4 rings (SSSR count). The largest absolute Gasteiger partial charge is 0.423 e. The first-order valence-electron chi connectivity index (χ1n) is 15.6. The van der Waals surface area contributed by atoms with E-state index in [0.717, 1.165) is 42.6 Å². The topological polar surface area (TPSA) is 26.3 Å². The molecule has 2 aromatic carbocycles. The van der Waals surface area contributed by atoms with Crippen LogP contribution in [0.3, 0.4) is 0 Å². The molecule has 2 aliphatic rings. The molecule has 39 heavy (non-hydrogen) atoms. The fourth-order valence-electron chi connectivity index (χ4n) is 6.51. The van der Waals surface area contributed by atoms with Crippen molar-refractivity contribution >= 4 is 12.0 Å². The van der Waals surface area contributed by atoms with Crippen LogP contribution in [-0.2, 0) is 6.42 Å². The average molecular weight is 525 g/mol. The third-order valence-electron chi connectivity index (χ3n) is 9.08. The lowest BCUT2D eigenvalue weighted by molar-refractivity contribution is 0.0734. The second kappa shape index (κ2) is 15.7. The number of carbonyl (C=O) groups excluding carboxylic acids is 1. The van der Waals surface area contributed by atoms with Crippen molar-refractivity contribution in [1.29, 1.82) is 0 Å². The molecule has 2 aliphatic carbocycles. The molecule has 2 fully saturated rings. The molecule has 0 atom stereocenters. The summed E-state index contributed by atoms with van der Waals surface area (Å²) in [5.74, 6) is 10.1. The molecule has 0 heterocycles. The van der Waals surface area contributed by atoms with E-state index in [2.05, 4.69) is 30.9 Å². The smallest absolute Gasteiger partial charge is 0.343 e. The normalized spacial score (nSPS) is 23.2. The Hall–Kier alpha value is -2.79. The van der Waals surface area contributed by atoms with Gasteiger partial charge in [-0.2, -0.15) is 0 Å². The number of carbonyl (C=O) groups is 1. The molecule has 0 bridgehead atoms. The van der Waals surface area contributed by atoms with Crippen LogP contribution in [0.25, 0.3) is 6.08 Å². The highest BCUT2D eigenvalue weighted by atomic mass is 16.5. The molecule has 0 saturated heterocycles. The second-order valence-electron chi connectivity index (χ2n) is 12.0. The Morgan fingerprint density at radius 2 is 1.41 bits per heavy atom. The van der Waals surface area contributed by atoms with Crippen molar-refractivity contribution < 1.29 is 9.53 Å². The summed E-state index contributed by atoms with van der Waals surface area (Å²) in [6.07, 6.45) is 23.2. The monoisotopic (exact) mass is 524 g/mol. The Morgan fingerprint density at radius 3 is 2.00 bits per heavy atom. The summed E-state index contributed by atoms with van der Waals surface area (Å²) in [5, 5.41) is 0. The maximum atomic E-state index is 12.5. The predicted octanol–water partition coefficient (Wildman–Crippen LogP) is 10.1. The van der Waals surface area contributed by atoms with Crippen molar-refractivity contribution in [2.24, 2.45) is 23.7 Å². The molecule has 2 heteroatoms. The molecule has 208 valence electrons. The SMILES string of the molecule is CC#CCCC1CCC(CCC2CCC(C=Cc3ccc(C(=O)Oc4ccc(CCC)cc4)cc3)CC2)CC1. The van der Waals surface area contributed by atoms with E-state index in [-0.39, 0.29) is 5.97 Å². The molecule has 2 aromatic rings. The summed E-state index contributed by atoms with van der Waals surface area (Å²) >= 11 is 0. The minimum absolute atomic E-state index is 0.304. The van der Waals surface area contributed by atoms with E-state index in [1.807, 2.05) is 55.5 Å². The Bertz CT molecular complexity index is 1080. The third-order valence-corrected chi connectivity index (χ3v) is 9.08. The lowest BCUT2D eigenvalue weighted by atomic mass is 9.75. The van der Waals surface area contributed by atoms with Gasteiger partial charge >= 0.3 is 5.97 Å². The van der Waals surface area contributed by atoms with Gasteiger partial charge in [0.05, 0.1) is 5.56 Å². The van der Waals surface area contributed by atoms with Crippen molar-refractivity contribution in [2.45, 2.75) is 104 Å². The van der Waals surface area contributed by atoms with Gasteiger partial charge in [0.15, 0.2) is 0 Å². The van der Waals surface area contributed by atoms with Crippen molar-refractivity contribution in [2.75, 3.05) is 0 Å². The molecule has 2 saturated carbocycles. The zero-order valence-electron chi connectivity index (χ0n) is 24.3. The van der Waals surface area contributed by atoms with Crippen LogP contribution in [0.5, 0.6) is 5.75 Å². The minimum Gasteiger partial charge on any atom is -0.423 e. The summed E-state index contributed by atoms with van der Waals surface area (Å²) in [6.45, 7) is 4.12. The fourth-order valence-corrected chi connectivity index (χ4v) is 6.51. The Kier molecular flexibility index (Phi) is 11.8. The third kappa shape index (κ3) is 9.72. The molecule has 0 spiro atoms. The maximum absolute atomic E-state index is 12.5. The van der Waals surface area contributed by atoms with Gasteiger partial charge in [-0.05, 0) is 105 Å². The van der Waals surface area contributed by atoms with Gasteiger partial charge in [0.2, 0.25) is 0 Å². The van der Waals surface area contributed by atoms with Gasteiger partial charge in [0, 0.05) is 6.42 Å². The minimum atomic E-state index is -0.304. The van der Waals surface area contributed by atoms with Crippen LogP contribution in [0.1, 0.15) is 119 Å². The van der Waals surface area contributed by atoms with E-state index in [1.54, 1.807) is 0 Å². The number of hydrogen-bond donors (Lipinski definition) is 0. The highest BCUT2D eigenvalue weighted by molar-refractivity contribution is 5.91. The number of ether oxygens (including phenoxy) is 1. The zero-order chi connectivity index (χ0) is 27.3. The summed E-state index contributed by atoms with van der Waals surface area (Å²) < 4.78 is 5.56. The summed E-state index contributed by atoms with van der Waals surface area (Å²) in [7, 11) is 0. The molecular weight excluding hydrogens is 476 g/mol. The number of rotatable bonds is 11. The molecule has 0 unspecified atom stereocenters. The number of hydrogen-bond acceptors (Lipinski definition) is 2. The zero-order valence-corrected chi connectivity index (χ0v) is 24.3. The number of esters is 1. The van der Waals surface area contributed by atoms with E-state index in [4.69, 9.17) is 4.74 Å². The van der Waals surface area contributed by atoms with Gasteiger partial charge in [-0.1, -0.05) is 88.3 Å². The Balaban J connectivity index is 1.13. The van der Waals surface area contributed by atoms with Crippen molar-refractivity contribution in [3.05, 3.63) is 71.3 Å². The van der Waals surface area contributed by atoms with Gasteiger partial charge in [0.1, 0.15) is 5.75 Å². The van der Waals surface area contributed by atoms with E-state index >= 15 is 0 Å². The first-order chi connectivity index (χ1) is 19.1. The molecular formula is C37H48O2. The summed E-state index contributed by atoms with van der Waals surface area (Å²) in [5.41, 5.74) is 3.00. The van der Waals surface area contributed by atoms with Gasteiger partial charge in [0.25, 0.3) is 0 Å². The van der Waals surface area contributed by atoms with Crippen LogP contribution in [-0.4, -0.2) is 5.97 Å². The highest BCUT2D eigenvalue weighted by Crippen LogP contribution is 2.38. The van der Waals surface area contributed by atoms with Gasteiger partial charge < -0.3 is 4.74 Å². The van der Waals surface area contributed by atoms with Gasteiger partial charge in [-0.3, -0.25) is 0 Å². The number of benzene rings is 2. The predicted molar refractivity (Wildman–Crippen MR) is 164 cm³/mol. The summed E-state index contributed by atoms with van der Waals surface area (Å²) in [4.78, 5) is 12.5. The molecule has 0 amide bonds. The standard InChI is InChI=1S/C37H48O2/c1-3-5-6-8-30-9-11-31(12-10-30)13-14-32-15-17-33(18-16-32)19-20-34-21-25-35(26-22-34)37(38)39-36-27-23-29(7-4-2)24-28-36/h19-28,30-33H,4,6-18H2,1-2H3. The Morgan fingerprint density at radius 1 is 0.821 bits per heavy atom. The van der Waals surface area contributed by atoms with Crippen molar-refractivity contribution in [3.63, 3.8) is 0 Å². The van der Waals surface area contributed by atoms with Crippen LogP contribution in [0.4, 0.5) is 0 Å². The van der Waals surface area contributed by atoms with Crippen LogP contribution in [0.15, 0.2) is 54.6 Å². The number of allylic oxidation sites excluding steroid dienone is 1. The fraction of sp³-hybridized carbons (Fsp3) is 0.541. The molecule has 0 radical (unpaired) electrons. The first-order valence-corrected chi connectivity index (χ1v) is 15.6. The van der Waals surface area contributed by atoms with Gasteiger partial charge in [-0.25, -0.2) is 4.79 Å². The van der Waals surface area contributed by atoms with Crippen molar-refractivity contribution in [3.8, 4) is 17.6 Å². The maximum Gasteiger partial charge on any atom is 0.343 e. The van der Waals surface area contributed by atoms with Crippen molar-refractivity contribution in [1.82, 2.24) is 0 Å². The first kappa shape index (κ1) is 29.2. The molecule has 0 aliphatic heterocycles. The molecule has 0 aromatic heterocycles. The average Bonchev–Trinajstić information content (AvgIpc) is 2.98. The van der Waals surface area contributed by atoms with E-state index in [9.17, 15) is 4.79 Å². The van der Waals surface area contributed by atoms with Crippen LogP contribution >= 0.6 is 0 Å². The summed E-state index contributed by atoms with van der Waals surface area (Å²) in [6, 6.07) is 15.6. The van der Waals surface area contributed by atoms with Crippen LogP contribution in [0.2, 0.25) is 0 Å². The van der Waals surface area contributed by atoms with E-state index < -0.39 is 0 Å². The Labute approximate surface area is 237 Å². The van der Waals surface area contributed by atoms with Crippen LogP contribution in [0, 0.1) is 35.5 Å². The van der Waals surface area contributed by atoms with E-state index in [0.29, 0.717) is 17.2 Å². The molecule has 0 N–H and O–H groups in total.